The van der Waals surface area contributed by atoms with Crippen molar-refractivity contribution in [3.63, 3.8) is 0 Å². The van der Waals surface area contributed by atoms with Gasteiger partial charge in [0.2, 0.25) is 0 Å². The fourth-order valence-electron chi connectivity index (χ4n) is 2.62. The zero-order valence-electron chi connectivity index (χ0n) is 16.1. The van der Waals surface area contributed by atoms with E-state index in [1.165, 1.54) is 10.9 Å². The normalized spacial score (nSPS) is 26.7. The average Bonchev–Trinajstić information content (AvgIpc) is 3.13. The predicted octanol–water partition coefficient (Wildman–Crippen LogP) is -2.93. The van der Waals surface area contributed by atoms with Crippen LogP contribution < -0.4 is 5.73 Å². The van der Waals surface area contributed by atoms with E-state index in [9.17, 15) is 28.8 Å². The Kier molecular flexibility index (Phi) is 11.2. The second-order valence-electron chi connectivity index (χ2n) is 6.02. The topological polar surface area (TPSA) is 279 Å². The van der Waals surface area contributed by atoms with Crippen LogP contribution in [0.2, 0.25) is 0 Å². The number of nitrogens with zero attached hydrogens (tertiary/aromatic N) is 4. The van der Waals surface area contributed by atoms with E-state index in [0.717, 1.165) is 6.33 Å². The van der Waals surface area contributed by atoms with Gasteiger partial charge in [-0.25, -0.2) is 28.6 Å². The van der Waals surface area contributed by atoms with E-state index in [2.05, 4.69) is 28.1 Å². The molecule has 8 N–H and O–H groups in total. The van der Waals surface area contributed by atoms with Crippen LogP contribution in [0.1, 0.15) is 6.23 Å². The summed E-state index contributed by atoms with van der Waals surface area (Å²) in [5.41, 5.74) is 6.00. The molecule has 0 aliphatic carbocycles. The number of fused-ring (bicyclic) bond motifs is 1. The van der Waals surface area contributed by atoms with E-state index in [1.54, 1.807) is 0 Å². The standard InChI is InChI=1S/C10H16N5O13P3.2Pb.2H/c11-8-5-9(13-2-12-8)15(3-14-5)10-7(17)6(16)4(26-10)1-25-30(21,22)28-31(23,24)27-29(18,19)20;;;;/h2-4,6-7,10,16-17H,1H2,(H,21,22)(H,23,24)(H2,11,12,13)(H2,18,19,20);;;;/q;;+2;;/t4-,6-,7-,10-;;;;/m1..../s1. The summed E-state index contributed by atoms with van der Waals surface area (Å²) in [5.74, 6) is 0.0426. The molecule has 4 radical (unpaired) electrons. The van der Waals surface area contributed by atoms with Crippen molar-refractivity contribution >= 4 is 95.0 Å². The van der Waals surface area contributed by atoms with Crippen LogP contribution in [-0.4, -0.2) is 129 Å². The van der Waals surface area contributed by atoms with E-state index < -0.39 is 54.6 Å². The summed E-state index contributed by atoms with van der Waals surface area (Å²) in [5, 5.41) is 20.4. The third-order valence-corrected chi connectivity index (χ3v) is 7.62. The van der Waals surface area contributed by atoms with Gasteiger partial charge in [-0.05, 0) is 0 Å². The van der Waals surface area contributed by atoms with Crippen molar-refractivity contribution in [2.75, 3.05) is 12.3 Å². The van der Waals surface area contributed by atoms with E-state index in [0.29, 0.717) is 0 Å². The van der Waals surface area contributed by atoms with Gasteiger partial charge in [0.1, 0.15) is 30.2 Å². The van der Waals surface area contributed by atoms with Crippen molar-refractivity contribution in [2.45, 2.75) is 24.5 Å². The van der Waals surface area contributed by atoms with Crippen LogP contribution in [0.3, 0.4) is 0 Å². The summed E-state index contributed by atoms with van der Waals surface area (Å²) < 4.78 is 51.9. The fourth-order valence-corrected chi connectivity index (χ4v) is 5.65. The third kappa shape index (κ3) is 7.99. The summed E-state index contributed by atoms with van der Waals surface area (Å²) in [6.45, 7) is -0.956. The van der Waals surface area contributed by atoms with Gasteiger partial charge in [-0.1, -0.05) is 0 Å². The van der Waals surface area contributed by atoms with Crippen molar-refractivity contribution in [3.8, 4) is 0 Å². The zero-order valence-corrected chi connectivity index (χ0v) is 28.2. The molecule has 2 unspecified atom stereocenters. The number of imidazole rings is 1. The number of aromatic nitrogens is 4. The molecule has 6 atom stereocenters. The number of phosphoric acid groups is 3. The van der Waals surface area contributed by atoms with Crippen LogP contribution in [0.25, 0.3) is 11.2 Å². The molecule has 1 aliphatic rings. The first-order valence-electron chi connectivity index (χ1n) is 7.92. The van der Waals surface area contributed by atoms with E-state index >= 15 is 0 Å². The van der Waals surface area contributed by atoms with Gasteiger partial charge in [0, 0.05) is 0 Å². The van der Waals surface area contributed by atoms with Gasteiger partial charge in [-0.3, -0.25) is 9.09 Å². The minimum atomic E-state index is -5.70. The number of hydrogen-bond acceptors (Lipinski definition) is 13. The molecule has 182 valence electrons. The number of hydrogen-bond donors (Lipinski definition) is 7. The Morgan fingerprint density at radius 2 is 1.67 bits per heavy atom. The van der Waals surface area contributed by atoms with E-state index in [4.69, 9.17) is 25.2 Å². The Bertz CT molecular complexity index is 1120. The van der Waals surface area contributed by atoms with Crippen molar-refractivity contribution in [3.05, 3.63) is 12.7 Å². The summed E-state index contributed by atoms with van der Waals surface area (Å²) in [6, 6.07) is 0. The quantitative estimate of drug-likeness (QED) is 0.103. The van der Waals surface area contributed by atoms with Gasteiger partial charge in [0.25, 0.3) is 0 Å². The molecule has 3 rings (SSSR count). The van der Waals surface area contributed by atoms with E-state index in [1.807, 2.05) is 0 Å². The molecule has 1 aliphatic heterocycles. The zero-order chi connectivity index (χ0) is 23.2. The number of phosphoric ester groups is 1. The first-order chi connectivity index (χ1) is 14.2. The molecule has 18 nitrogen and oxygen atoms in total. The summed E-state index contributed by atoms with van der Waals surface area (Å²) in [4.78, 5) is 47.2. The first-order valence-corrected chi connectivity index (χ1v) is 12.4. The minimum absolute atomic E-state index is 0. The molecule has 2 aromatic heterocycles. The molecule has 0 amide bonds. The van der Waals surface area contributed by atoms with Crippen molar-refractivity contribution < 1.29 is 61.4 Å². The van der Waals surface area contributed by atoms with Gasteiger partial charge >= 0.3 is 78.1 Å². The van der Waals surface area contributed by atoms with Gasteiger partial charge in [-0.15, -0.1) is 0 Å². The number of nitrogen functional groups attached to an aromatic ring is 1. The van der Waals surface area contributed by atoms with Gasteiger partial charge in [-0.2, -0.15) is 8.62 Å². The van der Waals surface area contributed by atoms with Crippen LogP contribution in [0, 0.1) is 0 Å². The Morgan fingerprint density at radius 3 is 2.27 bits per heavy atom. The molecule has 1 fully saturated rings. The second-order valence-corrected chi connectivity index (χ2v) is 10.4. The Hall–Kier alpha value is 0.484. The monoisotopic (exact) mass is 925 g/mol. The van der Waals surface area contributed by atoms with Crippen molar-refractivity contribution in [1.29, 1.82) is 0 Å². The molecule has 0 saturated carbocycles. The molecule has 1 saturated heterocycles. The fraction of sp³-hybridized carbons (Fsp3) is 0.500. The maximum atomic E-state index is 11.8. The molecule has 2 aromatic rings. The Balaban J connectivity index is 0.00000272. The van der Waals surface area contributed by atoms with Crippen LogP contribution in [-0.2, 0) is 31.6 Å². The van der Waals surface area contributed by atoms with Crippen molar-refractivity contribution in [1.82, 2.24) is 19.5 Å². The van der Waals surface area contributed by atoms with E-state index in [-0.39, 0.29) is 71.6 Å². The van der Waals surface area contributed by atoms with Crippen LogP contribution in [0.5, 0.6) is 0 Å². The SMILES string of the molecule is Nc1ncnc2c1ncn2[C@@H]1O[C@H](COP(=O)(O)OP(=O)(O)OP(=O)(O)O)[C@@H](O)[C@H]1O.[Pb+2].[PbH2]. The number of aliphatic hydroxyl groups excluding tert-OH is 2. The van der Waals surface area contributed by atoms with Gasteiger partial charge in [0.15, 0.2) is 17.7 Å². The summed E-state index contributed by atoms with van der Waals surface area (Å²) >= 11 is 0. The van der Waals surface area contributed by atoms with Gasteiger partial charge in [0.05, 0.1) is 12.9 Å². The predicted molar refractivity (Wildman–Crippen MR) is 110 cm³/mol. The summed E-state index contributed by atoms with van der Waals surface area (Å²) in [7, 11) is -16.7. The third-order valence-electron chi connectivity index (χ3n) is 3.82. The number of anilines is 1. The molecule has 33 heavy (non-hydrogen) atoms. The van der Waals surface area contributed by atoms with Crippen LogP contribution in [0.4, 0.5) is 5.82 Å². The maximum absolute atomic E-state index is 11.8. The number of aliphatic hydroxyl groups is 2. The second kappa shape index (κ2) is 11.7. The molecular formula is C10H18N5O13P3Pb2+2. The first kappa shape index (κ1) is 31.5. The molecular weight excluding hydrogens is 905 g/mol. The number of ether oxygens (including phenoxy) is 1. The molecule has 0 aromatic carbocycles. The summed E-state index contributed by atoms with van der Waals surface area (Å²) in [6.07, 6.45) is -3.69. The Labute approximate surface area is 224 Å². The van der Waals surface area contributed by atoms with Crippen molar-refractivity contribution in [2.24, 2.45) is 0 Å². The molecule has 3 heterocycles. The number of rotatable bonds is 8. The molecule has 23 heteroatoms. The van der Waals surface area contributed by atoms with Crippen LogP contribution >= 0.6 is 23.5 Å². The molecule has 0 spiro atoms. The molecule has 0 bridgehead atoms. The number of nitrogens with two attached hydrogens (primary N) is 1. The van der Waals surface area contributed by atoms with Crippen LogP contribution in [0.15, 0.2) is 12.7 Å². The average molecular weight is 924 g/mol. The Morgan fingerprint density at radius 1 is 1.03 bits per heavy atom. The van der Waals surface area contributed by atoms with Gasteiger partial charge < -0.3 is 40.3 Å².